The van der Waals surface area contributed by atoms with Gasteiger partial charge in [-0.3, -0.25) is 9.28 Å². The number of carbonyl (C=O) groups excluding carboxylic acids is 1. The molecule has 0 saturated heterocycles. The molecule has 154 valence electrons. The molecule has 0 bridgehead atoms. The van der Waals surface area contributed by atoms with Crippen molar-refractivity contribution in [1.82, 2.24) is 4.48 Å². The second-order valence-electron chi connectivity index (χ2n) is 6.53. The Bertz CT molecular complexity index is 892. The number of carbonyl (C=O) groups is 1. The molecule has 0 fully saturated rings. The van der Waals surface area contributed by atoms with Crippen molar-refractivity contribution in [2.75, 3.05) is 21.1 Å². The van der Waals surface area contributed by atoms with Gasteiger partial charge in [-0.15, -0.1) is 0 Å². The second-order valence-corrected chi connectivity index (χ2v) is 7.90. The predicted molar refractivity (Wildman–Crippen MR) is 97.9 cm³/mol. The zero-order valence-electron chi connectivity index (χ0n) is 15.4. The van der Waals surface area contributed by atoms with Crippen LogP contribution in [0.4, 0.5) is 18.9 Å². The molecule has 0 heterocycles. The van der Waals surface area contributed by atoms with Gasteiger partial charge in [-0.25, -0.2) is 8.42 Å². The third-order valence-electron chi connectivity index (χ3n) is 3.42. The molecule has 2 aromatic carbocycles. The van der Waals surface area contributed by atoms with Crippen molar-refractivity contribution < 1.29 is 35.7 Å². The minimum Gasteiger partial charge on any atom is -0.741 e. The number of hydrogen-bond donors (Lipinski definition) is 0. The molecule has 0 aromatic heterocycles. The van der Waals surface area contributed by atoms with E-state index in [9.17, 15) is 18.0 Å². The molecule has 2 aromatic rings. The minimum atomic E-state index is -6.09. The van der Waals surface area contributed by atoms with E-state index in [0.29, 0.717) is 22.4 Å². The molecular formula is C18H20F3NO5S. The van der Waals surface area contributed by atoms with Crippen molar-refractivity contribution in [2.24, 2.45) is 0 Å². The average Bonchev–Trinajstić information content (AvgIpc) is 2.58. The molecule has 0 saturated carbocycles. The van der Waals surface area contributed by atoms with Crippen LogP contribution in [0.15, 0.2) is 48.5 Å². The Balaban J connectivity index is 0.000000416. The highest BCUT2D eigenvalue weighted by Gasteiger charge is 2.36. The number of benzene rings is 2. The summed E-state index contributed by atoms with van der Waals surface area (Å²) in [5.41, 5.74) is -2.88. The van der Waals surface area contributed by atoms with E-state index in [2.05, 4.69) is 21.1 Å². The van der Waals surface area contributed by atoms with E-state index < -0.39 is 15.6 Å². The Hall–Kier alpha value is -2.43. The number of aldehydes is 1. The van der Waals surface area contributed by atoms with E-state index in [-0.39, 0.29) is 0 Å². The first-order valence-electron chi connectivity index (χ1n) is 7.86. The Labute approximate surface area is 161 Å². The standard InChI is InChI=1S/C17H20NO2.CHF3O3S/c1-18(2,3)16-10-9-15(12-19)17(11-16)20-13-14-7-5-4-6-8-14;2-1(3,4)8(5,6)7/h4-12H,13H2,1-3H3;(H,5,6,7)/q+1;/p-1. The number of alkyl halides is 3. The number of rotatable bonds is 5. The van der Waals surface area contributed by atoms with Gasteiger partial charge in [0.2, 0.25) is 0 Å². The molecule has 0 atom stereocenters. The number of quaternary nitrogens is 1. The number of halogens is 3. The van der Waals surface area contributed by atoms with Crippen LogP contribution < -0.4 is 9.22 Å². The lowest BCUT2D eigenvalue weighted by atomic mass is 10.1. The molecule has 0 amide bonds. The fourth-order valence-electron chi connectivity index (χ4n) is 1.90. The Morgan fingerprint density at radius 1 is 1.07 bits per heavy atom. The zero-order valence-corrected chi connectivity index (χ0v) is 16.3. The molecule has 6 nitrogen and oxygen atoms in total. The molecule has 0 aliphatic rings. The summed E-state index contributed by atoms with van der Waals surface area (Å²) < 4.78 is 65.4. The van der Waals surface area contributed by atoms with Gasteiger partial charge in [0.1, 0.15) is 18.0 Å². The van der Waals surface area contributed by atoms with Crippen LogP contribution in [0.25, 0.3) is 0 Å². The van der Waals surface area contributed by atoms with Crippen LogP contribution >= 0.6 is 0 Å². The summed E-state index contributed by atoms with van der Waals surface area (Å²) in [4.78, 5) is 11.1. The molecule has 2 rings (SSSR count). The summed E-state index contributed by atoms with van der Waals surface area (Å²) in [5.74, 6) is 0.634. The van der Waals surface area contributed by atoms with Crippen LogP contribution in [0.5, 0.6) is 5.75 Å². The quantitative estimate of drug-likeness (QED) is 0.321. The molecule has 0 aliphatic carbocycles. The molecule has 0 aliphatic heterocycles. The van der Waals surface area contributed by atoms with Crippen LogP contribution in [0.1, 0.15) is 15.9 Å². The highest BCUT2D eigenvalue weighted by atomic mass is 32.2. The smallest absolute Gasteiger partial charge is 0.485 e. The zero-order chi connectivity index (χ0) is 21.6. The maximum absolute atomic E-state index is 11.1. The number of nitrogens with zero attached hydrogens (tertiary/aromatic N) is 1. The van der Waals surface area contributed by atoms with Gasteiger partial charge < -0.3 is 9.29 Å². The van der Waals surface area contributed by atoms with Gasteiger partial charge in [-0.05, 0) is 11.6 Å². The maximum Gasteiger partial charge on any atom is 0.485 e. The van der Waals surface area contributed by atoms with E-state index in [0.717, 1.165) is 17.5 Å². The van der Waals surface area contributed by atoms with Crippen molar-refractivity contribution in [3.63, 3.8) is 0 Å². The first-order chi connectivity index (χ1) is 12.8. The number of ether oxygens (including phenoxy) is 1. The Morgan fingerprint density at radius 3 is 2.04 bits per heavy atom. The lowest BCUT2D eigenvalue weighted by Gasteiger charge is -2.24. The Morgan fingerprint density at radius 2 is 1.61 bits per heavy atom. The van der Waals surface area contributed by atoms with Crippen LogP contribution in [0.2, 0.25) is 0 Å². The summed E-state index contributed by atoms with van der Waals surface area (Å²) in [5, 5.41) is 0. The minimum absolute atomic E-state index is 0.461. The molecule has 0 radical (unpaired) electrons. The first kappa shape index (κ1) is 23.6. The highest BCUT2D eigenvalue weighted by molar-refractivity contribution is 7.86. The molecule has 0 spiro atoms. The van der Waals surface area contributed by atoms with E-state index >= 15 is 0 Å². The average molecular weight is 419 g/mol. The lowest BCUT2D eigenvalue weighted by Crippen LogP contribution is -2.34. The number of hydrogen-bond acceptors (Lipinski definition) is 5. The molecule has 0 N–H and O–H groups in total. The van der Waals surface area contributed by atoms with Crippen molar-refractivity contribution in [3.8, 4) is 5.75 Å². The lowest BCUT2D eigenvalue weighted by molar-refractivity contribution is -0.0517. The van der Waals surface area contributed by atoms with E-state index in [1.807, 2.05) is 48.5 Å². The molecular weight excluding hydrogens is 399 g/mol. The SMILES string of the molecule is C[N+](C)(C)c1ccc(C=O)c(OCc2ccccc2)c1.O=S(=O)([O-])C(F)(F)F. The first-order valence-corrected chi connectivity index (χ1v) is 9.26. The van der Waals surface area contributed by atoms with E-state index in [1.165, 1.54) is 0 Å². The van der Waals surface area contributed by atoms with Gasteiger partial charge in [0.25, 0.3) is 0 Å². The fraction of sp³-hybridized carbons (Fsp3) is 0.278. The van der Waals surface area contributed by atoms with Crippen LogP contribution in [0.3, 0.4) is 0 Å². The van der Waals surface area contributed by atoms with Crippen LogP contribution in [-0.2, 0) is 16.7 Å². The summed E-state index contributed by atoms with van der Waals surface area (Å²) in [6.07, 6.45) is 0.833. The second kappa shape index (κ2) is 9.18. The van der Waals surface area contributed by atoms with Gasteiger partial charge in [0.15, 0.2) is 16.4 Å². The van der Waals surface area contributed by atoms with Crippen LogP contribution in [0, 0.1) is 0 Å². The van der Waals surface area contributed by atoms with E-state index in [4.69, 9.17) is 17.7 Å². The molecule has 0 unspecified atom stereocenters. The fourth-order valence-corrected chi connectivity index (χ4v) is 1.90. The van der Waals surface area contributed by atoms with Gasteiger partial charge in [-0.1, -0.05) is 30.3 Å². The van der Waals surface area contributed by atoms with Gasteiger partial charge in [0.05, 0.1) is 26.7 Å². The van der Waals surface area contributed by atoms with Crippen molar-refractivity contribution in [2.45, 2.75) is 12.1 Å². The summed E-state index contributed by atoms with van der Waals surface area (Å²) in [7, 11) is 0.150. The molecule has 28 heavy (non-hydrogen) atoms. The molecule has 10 heteroatoms. The van der Waals surface area contributed by atoms with Gasteiger partial charge in [0, 0.05) is 12.1 Å². The third kappa shape index (κ3) is 7.29. The van der Waals surface area contributed by atoms with Gasteiger partial charge >= 0.3 is 5.51 Å². The Kier molecular flexibility index (Phi) is 7.74. The van der Waals surface area contributed by atoms with E-state index in [1.54, 1.807) is 0 Å². The van der Waals surface area contributed by atoms with Crippen LogP contribution in [-0.4, -0.2) is 45.9 Å². The topological polar surface area (TPSA) is 83.5 Å². The highest BCUT2D eigenvalue weighted by Crippen LogP contribution is 2.27. The summed E-state index contributed by atoms with van der Waals surface area (Å²) in [6.45, 7) is 0.461. The maximum atomic E-state index is 11.1. The van der Waals surface area contributed by atoms with Crippen molar-refractivity contribution >= 4 is 22.1 Å². The normalized spacial score (nSPS) is 12.0. The summed E-state index contributed by atoms with van der Waals surface area (Å²) >= 11 is 0. The third-order valence-corrected chi connectivity index (χ3v) is 3.99. The summed E-state index contributed by atoms with van der Waals surface area (Å²) in [6, 6.07) is 15.6. The predicted octanol–water partition coefficient (Wildman–Crippen LogP) is 3.33. The van der Waals surface area contributed by atoms with Crippen molar-refractivity contribution in [1.29, 1.82) is 0 Å². The largest absolute Gasteiger partial charge is 0.741 e. The monoisotopic (exact) mass is 419 g/mol. The van der Waals surface area contributed by atoms with Gasteiger partial charge in [-0.2, -0.15) is 13.2 Å². The van der Waals surface area contributed by atoms with Crippen molar-refractivity contribution in [3.05, 3.63) is 59.7 Å².